The maximum absolute atomic E-state index is 4.07. The van der Waals surface area contributed by atoms with Gasteiger partial charge in [-0.3, -0.25) is 4.68 Å². The summed E-state index contributed by atoms with van der Waals surface area (Å²) in [6.45, 7) is 3.00. The fraction of sp³-hybridized carbons (Fsp3) is 0.273. The lowest BCUT2D eigenvalue weighted by Crippen LogP contribution is -1.95. The molecule has 0 aliphatic rings. The predicted octanol–water partition coefficient (Wildman–Crippen LogP) is 1.91. The van der Waals surface area contributed by atoms with Gasteiger partial charge in [-0.15, -0.1) is 5.10 Å². The normalized spacial score (nSPS) is 10.3. The van der Waals surface area contributed by atoms with Crippen LogP contribution in [0.15, 0.2) is 30.5 Å². The highest BCUT2D eigenvalue weighted by Crippen LogP contribution is 2.19. The molecule has 4 nitrogen and oxygen atoms in total. The number of hydrogen-bond acceptors (Lipinski definition) is 3. The summed E-state index contributed by atoms with van der Waals surface area (Å²) in [4.78, 5) is 0. The van der Waals surface area contributed by atoms with E-state index < -0.39 is 0 Å². The van der Waals surface area contributed by atoms with Crippen molar-refractivity contribution < 1.29 is 0 Å². The van der Waals surface area contributed by atoms with Crippen LogP contribution in [0.25, 0.3) is 11.3 Å². The van der Waals surface area contributed by atoms with Crippen LogP contribution >= 0.6 is 0 Å². The van der Waals surface area contributed by atoms with Crippen LogP contribution in [-0.4, -0.2) is 21.5 Å². The number of anilines is 1. The molecule has 0 aliphatic carbocycles. The van der Waals surface area contributed by atoms with Gasteiger partial charge in [-0.25, -0.2) is 0 Å². The van der Waals surface area contributed by atoms with Gasteiger partial charge in [0.15, 0.2) is 0 Å². The number of nitrogens with one attached hydrogen (secondary N) is 1. The van der Waals surface area contributed by atoms with E-state index in [0.29, 0.717) is 0 Å². The molecule has 0 spiro atoms. The second-order valence-electron chi connectivity index (χ2n) is 3.39. The van der Waals surface area contributed by atoms with Gasteiger partial charge in [0.2, 0.25) is 0 Å². The monoisotopic (exact) mass is 202 g/mol. The van der Waals surface area contributed by atoms with Gasteiger partial charge in [0, 0.05) is 24.8 Å². The zero-order chi connectivity index (χ0) is 10.7. The molecule has 0 atom stereocenters. The Kier molecular flexibility index (Phi) is 2.67. The molecule has 0 radical (unpaired) electrons. The fourth-order valence-electron chi connectivity index (χ4n) is 1.47. The number of aromatic nitrogens is 3. The number of rotatable bonds is 3. The first kappa shape index (κ1) is 9.71. The van der Waals surface area contributed by atoms with Crippen molar-refractivity contribution in [1.29, 1.82) is 0 Å². The summed E-state index contributed by atoms with van der Waals surface area (Å²) >= 11 is 0. The van der Waals surface area contributed by atoms with Crippen molar-refractivity contribution in [3.63, 3.8) is 0 Å². The summed E-state index contributed by atoms with van der Waals surface area (Å²) in [6, 6.07) is 8.17. The Morgan fingerprint density at radius 3 is 2.93 bits per heavy atom. The average Bonchev–Trinajstić information content (AvgIpc) is 2.66. The molecule has 0 saturated heterocycles. The van der Waals surface area contributed by atoms with Crippen molar-refractivity contribution in [3.05, 3.63) is 30.5 Å². The van der Waals surface area contributed by atoms with E-state index in [2.05, 4.69) is 28.6 Å². The molecule has 0 saturated carbocycles. The van der Waals surface area contributed by atoms with Gasteiger partial charge < -0.3 is 5.32 Å². The molecule has 4 heteroatoms. The standard InChI is InChI=1S/C11H14N4/c1-3-12-10-6-4-5-9(7-10)11-8-15(2)14-13-11/h4-8,12H,3H2,1-2H3. The minimum Gasteiger partial charge on any atom is -0.385 e. The van der Waals surface area contributed by atoms with Crippen molar-refractivity contribution in [1.82, 2.24) is 15.0 Å². The lowest BCUT2D eigenvalue weighted by Gasteiger charge is -2.03. The quantitative estimate of drug-likeness (QED) is 0.826. The first-order valence-corrected chi connectivity index (χ1v) is 5.00. The molecule has 1 aromatic heterocycles. The number of aryl methyl sites for hydroxylation is 1. The average molecular weight is 202 g/mol. The summed E-state index contributed by atoms with van der Waals surface area (Å²) in [5.74, 6) is 0. The van der Waals surface area contributed by atoms with Crippen molar-refractivity contribution in [2.24, 2.45) is 7.05 Å². The van der Waals surface area contributed by atoms with Crippen molar-refractivity contribution in [2.75, 3.05) is 11.9 Å². The molecule has 0 fully saturated rings. The minimum absolute atomic E-state index is 0.900. The summed E-state index contributed by atoms with van der Waals surface area (Å²) < 4.78 is 1.70. The van der Waals surface area contributed by atoms with E-state index in [9.17, 15) is 0 Å². The van der Waals surface area contributed by atoms with E-state index in [-0.39, 0.29) is 0 Å². The Hall–Kier alpha value is -1.84. The van der Waals surface area contributed by atoms with E-state index in [0.717, 1.165) is 23.5 Å². The highest BCUT2D eigenvalue weighted by Gasteiger charge is 2.02. The molecule has 78 valence electrons. The molecule has 0 bridgehead atoms. The molecule has 1 heterocycles. The molecule has 1 aromatic carbocycles. The fourth-order valence-corrected chi connectivity index (χ4v) is 1.47. The summed E-state index contributed by atoms with van der Waals surface area (Å²) in [5, 5.41) is 11.3. The van der Waals surface area contributed by atoms with Gasteiger partial charge in [0.25, 0.3) is 0 Å². The van der Waals surface area contributed by atoms with Crippen molar-refractivity contribution in [2.45, 2.75) is 6.92 Å². The van der Waals surface area contributed by atoms with Crippen LogP contribution in [0.1, 0.15) is 6.92 Å². The number of benzene rings is 1. The summed E-state index contributed by atoms with van der Waals surface area (Å²) in [7, 11) is 1.87. The number of nitrogens with zero attached hydrogens (tertiary/aromatic N) is 3. The Balaban J connectivity index is 2.32. The highest BCUT2D eigenvalue weighted by atomic mass is 15.4. The van der Waals surface area contributed by atoms with E-state index >= 15 is 0 Å². The van der Waals surface area contributed by atoms with E-state index in [4.69, 9.17) is 0 Å². The van der Waals surface area contributed by atoms with Crippen LogP contribution in [0, 0.1) is 0 Å². The van der Waals surface area contributed by atoms with E-state index in [1.165, 1.54) is 0 Å². The summed E-state index contributed by atoms with van der Waals surface area (Å²) in [6.07, 6.45) is 1.91. The zero-order valence-corrected chi connectivity index (χ0v) is 8.94. The minimum atomic E-state index is 0.900. The van der Waals surface area contributed by atoms with Gasteiger partial charge in [0.1, 0.15) is 5.69 Å². The molecule has 0 aliphatic heterocycles. The maximum atomic E-state index is 4.07. The maximum Gasteiger partial charge on any atom is 0.113 e. The van der Waals surface area contributed by atoms with Crippen LogP contribution in [0.2, 0.25) is 0 Å². The largest absolute Gasteiger partial charge is 0.385 e. The van der Waals surface area contributed by atoms with Crippen molar-refractivity contribution in [3.8, 4) is 11.3 Å². The van der Waals surface area contributed by atoms with E-state index in [1.54, 1.807) is 4.68 Å². The molecule has 1 N–H and O–H groups in total. The van der Waals surface area contributed by atoms with Gasteiger partial charge in [-0.2, -0.15) is 0 Å². The lowest BCUT2D eigenvalue weighted by atomic mass is 10.1. The third-order valence-electron chi connectivity index (χ3n) is 2.14. The Bertz CT molecular complexity index is 447. The van der Waals surface area contributed by atoms with Gasteiger partial charge in [0.05, 0.1) is 6.20 Å². The smallest absolute Gasteiger partial charge is 0.113 e. The molecular formula is C11H14N4. The van der Waals surface area contributed by atoms with Gasteiger partial charge in [-0.05, 0) is 19.1 Å². The number of hydrogen-bond donors (Lipinski definition) is 1. The molecule has 15 heavy (non-hydrogen) atoms. The first-order chi connectivity index (χ1) is 7.29. The lowest BCUT2D eigenvalue weighted by molar-refractivity contribution is 0.715. The Morgan fingerprint density at radius 2 is 2.27 bits per heavy atom. The molecule has 2 rings (SSSR count). The molecular weight excluding hydrogens is 188 g/mol. The van der Waals surface area contributed by atoms with Gasteiger partial charge >= 0.3 is 0 Å². The zero-order valence-electron chi connectivity index (χ0n) is 8.94. The molecule has 0 amide bonds. The Morgan fingerprint density at radius 1 is 1.40 bits per heavy atom. The van der Waals surface area contributed by atoms with Crippen LogP contribution in [-0.2, 0) is 7.05 Å². The first-order valence-electron chi connectivity index (χ1n) is 5.00. The van der Waals surface area contributed by atoms with Gasteiger partial charge in [-0.1, -0.05) is 17.3 Å². The van der Waals surface area contributed by atoms with Crippen LogP contribution in [0.3, 0.4) is 0 Å². The third-order valence-corrected chi connectivity index (χ3v) is 2.14. The third kappa shape index (κ3) is 2.15. The highest BCUT2D eigenvalue weighted by molar-refractivity contribution is 5.64. The predicted molar refractivity (Wildman–Crippen MR) is 60.6 cm³/mol. The van der Waals surface area contributed by atoms with Crippen LogP contribution < -0.4 is 5.32 Å². The summed E-state index contributed by atoms with van der Waals surface area (Å²) in [5.41, 5.74) is 3.10. The van der Waals surface area contributed by atoms with E-state index in [1.807, 2.05) is 31.4 Å². The second kappa shape index (κ2) is 4.13. The molecule has 2 aromatic rings. The Labute approximate surface area is 88.9 Å². The van der Waals surface area contributed by atoms with Crippen molar-refractivity contribution >= 4 is 5.69 Å². The van der Waals surface area contributed by atoms with Crippen LogP contribution in [0.5, 0.6) is 0 Å². The van der Waals surface area contributed by atoms with Crippen LogP contribution in [0.4, 0.5) is 5.69 Å². The second-order valence-corrected chi connectivity index (χ2v) is 3.39. The molecule has 0 unspecified atom stereocenters. The SMILES string of the molecule is CCNc1cccc(-c2cn(C)nn2)c1. The topological polar surface area (TPSA) is 42.7 Å².